The van der Waals surface area contributed by atoms with Gasteiger partial charge in [0.05, 0.1) is 22.5 Å². The largest absolute Gasteiger partial charge is 0.416 e. The molecule has 1 heterocycles. The van der Waals surface area contributed by atoms with E-state index in [0.717, 1.165) is 33.0 Å². The van der Waals surface area contributed by atoms with E-state index < -0.39 is 29.0 Å². The quantitative estimate of drug-likeness (QED) is 0.200. The molecule has 34 heavy (non-hydrogen) atoms. The molecule has 0 aliphatic heterocycles. The Morgan fingerprint density at radius 2 is 1.44 bits per heavy atom. The zero-order valence-electron chi connectivity index (χ0n) is 17.9. The number of aromatic nitrogens is 1. The van der Waals surface area contributed by atoms with Crippen LogP contribution in [-0.4, -0.2) is 4.57 Å². The average Bonchev–Trinajstić information content (AvgIpc) is 3.11. The molecule has 0 unspecified atom stereocenters. The van der Waals surface area contributed by atoms with Gasteiger partial charge >= 0.3 is 12.4 Å². The molecule has 0 bridgehead atoms. The van der Waals surface area contributed by atoms with Crippen LogP contribution in [-0.2, 0) is 18.9 Å². The summed E-state index contributed by atoms with van der Waals surface area (Å²) in [5.41, 5.74) is 4.35. The molecule has 10 heteroatoms. The number of nitrogens with zero attached hydrogens (tertiary/aromatic N) is 2. The molecule has 4 nitrogen and oxygen atoms in total. The van der Waals surface area contributed by atoms with Crippen molar-refractivity contribution in [3.05, 3.63) is 83.6 Å². The van der Waals surface area contributed by atoms with Gasteiger partial charge in [-0.25, -0.2) is 5.84 Å². The Labute approximate surface area is 190 Å². The highest BCUT2D eigenvalue weighted by Gasteiger charge is 2.37. The summed E-state index contributed by atoms with van der Waals surface area (Å²) in [5, 5.41) is 2.75. The third kappa shape index (κ3) is 4.05. The normalized spacial score (nSPS) is 13.1. The van der Waals surface area contributed by atoms with Crippen LogP contribution in [0.1, 0.15) is 23.6 Å². The van der Waals surface area contributed by atoms with Crippen molar-refractivity contribution >= 4 is 33.2 Å². The van der Waals surface area contributed by atoms with Crippen molar-refractivity contribution in [1.82, 2.24) is 4.57 Å². The molecule has 1 aromatic heterocycles. The molecule has 0 spiro atoms. The first kappa shape index (κ1) is 23.5. The van der Waals surface area contributed by atoms with Crippen LogP contribution in [0.4, 0.5) is 32.0 Å². The van der Waals surface area contributed by atoms with Gasteiger partial charge in [-0.1, -0.05) is 18.2 Å². The van der Waals surface area contributed by atoms with Crippen molar-refractivity contribution in [2.75, 3.05) is 5.01 Å². The Bertz CT molecular complexity index is 1370. The van der Waals surface area contributed by atoms with Crippen molar-refractivity contribution in [2.24, 2.45) is 11.6 Å². The van der Waals surface area contributed by atoms with Crippen molar-refractivity contribution in [1.29, 1.82) is 0 Å². The molecule has 0 radical (unpaired) electrons. The summed E-state index contributed by atoms with van der Waals surface area (Å²) < 4.78 is 82.0. The lowest BCUT2D eigenvalue weighted by molar-refractivity contribution is -0.143. The first-order valence-corrected chi connectivity index (χ1v) is 10.2. The zero-order valence-corrected chi connectivity index (χ0v) is 17.9. The van der Waals surface area contributed by atoms with Gasteiger partial charge in [0.25, 0.3) is 0 Å². The van der Waals surface area contributed by atoms with Crippen LogP contribution < -0.4 is 16.6 Å². The van der Waals surface area contributed by atoms with E-state index in [-0.39, 0.29) is 11.8 Å². The van der Waals surface area contributed by atoms with E-state index >= 15 is 0 Å². The second-order valence-corrected chi connectivity index (χ2v) is 7.68. The van der Waals surface area contributed by atoms with Crippen LogP contribution in [0.25, 0.3) is 27.5 Å². The van der Waals surface area contributed by atoms with E-state index in [4.69, 9.17) is 11.6 Å². The lowest BCUT2D eigenvalue weighted by Crippen LogP contribution is -2.30. The number of hydrazine groups is 1. The predicted octanol–water partition coefficient (Wildman–Crippen LogP) is 6.49. The summed E-state index contributed by atoms with van der Waals surface area (Å²) in [6, 6.07) is 14.1. The number of aryl methyl sites for hydroxylation is 1. The molecule has 4 N–H and O–H groups in total. The Morgan fingerprint density at radius 1 is 0.853 bits per heavy atom. The number of anilines is 1. The molecule has 0 atom stereocenters. The second kappa shape index (κ2) is 8.28. The van der Waals surface area contributed by atoms with Crippen LogP contribution in [0.15, 0.2) is 66.9 Å². The van der Waals surface area contributed by atoms with Gasteiger partial charge in [-0.05, 0) is 49.4 Å². The molecule has 0 saturated carbocycles. The number of halogens is 6. The lowest BCUT2D eigenvalue weighted by atomic mass is 10.0. The fraction of sp³-hybridized carbons (Fsp3) is 0.167. The number of benzene rings is 3. The van der Waals surface area contributed by atoms with Crippen molar-refractivity contribution in [3.63, 3.8) is 0 Å². The molecule has 0 aliphatic rings. The molecule has 0 aliphatic carbocycles. The minimum Gasteiger partial charge on any atom is -0.403 e. The topological polar surface area (TPSA) is 60.2 Å². The summed E-state index contributed by atoms with van der Waals surface area (Å²) >= 11 is 0. The standard InChI is InChI=1S/C24H20F6N4/c1-2-33-20-6-4-3-5-18(20)19-12-17(7-8-21(19)33)34(32)22(13-31)14-9-15(23(25,26)27)11-16(10-14)24(28,29)30/h3-13H,2,31-32H2,1H3/b22-13-. The van der Waals surface area contributed by atoms with Gasteiger partial charge in [0.2, 0.25) is 0 Å². The van der Waals surface area contributed by atoms with Crippen LogP contribution in [0, 0.1) is 0 Å². The average molecular weight is 478 g/mol. The highest BCUT2D eigenvalue weighted by Crippen LogP contribution is 2.39. The van der Waals surface area contributed by atoms with E-state index in [9.17, 15) is 26.3 Å². The predicted molar refractivity (Wildman–Crippen MR) is 120 cm³/mol. The van der Waals surface area contributed by atoms with Gasteiger partial charge in [-0.15, -0.1) is 0 Å². The number of hydrogen-bond donors (Lipinski definition) is 2. The van der Waals surface area contributed by atoms with Crippen molar-refractivity contribution in [3.8, 4) is 0 Å². The molecule has 0 saturated heterocycles. The highest BCUT2D eigenvalue weighted by atomic mass is 19.4. The Balaban J connectivity index is 1.85. The first-order valence-electron chi connectivity index (χ1n) is 10.2. The van der Waals surface area contributed by atoms with Gasteiger partial charge in [0.1, 0.15) is 0 Å². The first-order chi connectivity index (χ1) is 16.0. The minimum atomic E-state index is -4.99. The second-order valence-electron chi connectivity index (χ2n) is 7.68. The van der Waals surface area contributed by atoms with Gasteiger partial charge < -0.3 is 10.3 Å². The van der Waals surface area contributed by atoms with Gasteiger partial charge in [-0.3, -0.25) is 5.01 Å². The number of alkyl halides is 6. The van der Waals surface area contributed by atoms with Crippen molar-refractivity contribution < 1.29 is 26.3 Å². The number of fused-ring (bicyclic) bond motifs is 3. The summed E-state index contributed by atoms with van der Waals surface area (Å²) in [4.78, 5) is 0. The number of rotatable bonds is 4. The number of hydrogen-bond acceptors (Lipinski definition) is 3. The van der Waals surface area contributed by atoms with E-state index in [0.29, 0.717) is 24.4 Å². The number of nitrogens with two attached hydrogens (primary N) is 2. The highest BCUT2D eigenvalue weighted by molar-refractivity contribution is 6.09. The Kier molecular flexibility index (Phi) is 5.72. The van der Waals surface area contributed by atoms with E-state index in [1.807, 2.05) is 31.2 Å². The molecule has 4 rings (SSSR count). The lowest BCUT2D eigenvalue weighted by Gasteiger charge is -2.24. The summed E-state index contributed by atoms with van der Waals surface area (Å²) in [7, 11) is 0. The molecular formula is C24H20F6N4. The van der Waals surface area contributed by atoms with Crippen LogP contribution in [0.5, 0.6) is 0 Å². The van der Waals surface area contributed by atoms with E-state index in [2.05, 4.69) is 4.57 Å². The van der Waals surface area contributed by atoms with E-state index in [1.165, 1.54) is 0 Å². The summed E-state index contributed by atoms with van der Waals surface area (Å²) in [5.74, 6) is 6.19. The Hall–Kier alpha value is -3.66. The SMILES string of the molecule is CCn1c2ccccc2c2cc(N(N)/C(=C\N)c3cc(C(F)(F)F)cc(C(F)(F)F)c3)ccc21. The fourth-order valence-electron chi connectivity index (χ4n) is 4.09. The van der Waals surface area contributed by atoms with Crippen LogP contribution in [0.3, 0.4) is 0 Å². The van der Waals surface area contributed by atoms with E-state index in [1.54, 1.807) is 18.2 Å². The monoisotopic (exact) mass is 478 g/mol. The number of para-hydroxylation sites is 1. The van der Waals surface area contributed by atoms with Gasteiger partial charge in [0, 0.05) is 40.1 Å². The molecule has 0 amide bonds. The summed E-state index contributed by atoms with van der Waals surface area (Å²) in [6.07, 6.45) is -9.10. The molecule has 178 valence electrons. The fourth-order valence-corrected chi connectivity index (χ4v) is 4.09. The zero-order chi connectivity index (χ0) is 24.8. The summed E-state index contributed by atoms with van der Waals surface area (Å²) in [6.45, 7) is 2.70. The smallest absolute Gasteiger partial charge is 0.403 e. The van der Waals surface area contributed by atoms with Crippen LogP contribution >= 0.6 is 0 Å². The molecule has 4 aromatic rings. The van der Waals surface area contributed by atoms with Gasteiger partial charge in [0.15, 0.2) is 0 Å². The maximum atomic E-state index is 13.3. The third-order valence-corrected chi connectivity index (χ3v) is 5.65. The third-order valence-electron chi connectivity index (χ3n) is 5.65. The molecular weight excluding hydrogens is 458 g/mol. The maximum Gasteiger partial charge on any atom is 0.416 e. The van der Waals surface area contributed by atoms with Crippen molar-refractivity contribution in [2.45, 2.75) is 25.8 Å². The minimum absolute atomic E-state index is 0.0597. The van der Waals surface area contributed by atoms with Crippen LogP contribution in [0.2, 0.25) is 0 Å². The molecule has 3 aromatic carbocycles. The Morgan fingerprint density at radius 3 is 2.00 bits per heavy atom. The molecule has 0 fully saturated rings. The van der Waals surface area contributed by atoms with Gasteiger partial charge in [-0.2, -0.15) is 26.3 Å². The maximum absolute atomic E-state index is 13.3.